The van der Waals surface area contributed by atoms with Crippen LogP contribution in [0.15, 0.2) is 48.7 Å². The van der Waals surface area contributed by atoms with Gasteiger partial charge in [0, 0.05) is 61.7 Å². The van der Waals surface area contributed by atoms with Gasteiger partial charge < -0.3 is 76.4 Å². The summed E-state index contributed by atoms with van der Waals surface area (Å²) in [7, 11) is 0. The number of hydrogen-bond donors (Lipinski definition) is 1. The Bertz CT molecular complexity index is 2690. The number of rotatable bonds is 50. The van der Waals surface area contributed by atoms with Crippen LogP contribution >= 0.6 is 0 Å². The summed E-state index contributed by atoms with van der Waals surface area (Å²) in [5, 5.41) is 20.7. The average molecular weight is 1320 g/mol. The number of halogens is 3. The van der Waals surface area contributed by atoms with Crippen molar-refractivity contribution >= 4 is 17.8 Å². The SMILES string of the molecule is Cc1nnc(C(C)C)n1C1CC2CCC(C1)N2CC[C@H](NC(=O)C1CCN(C(=O)CCOCCOCCOCCOCc2cn(CCOCCOCCOCCOCCOCCOCCOCCOCCC(=O)Oc3c(F)cc(F)cc3F)nn2)CC1)c1ccccc1. The Labute approximate surface area is 544 Å². The fraction of sp³-hybridized carbons (Fsp3) is 0.708. The minimum atomic E-state index is -1.31. The third-order valence-corrected chi connectivity index (χ3v) is 16.2. The highest BCUT2D eigenvalue weighted by atomic mass is 19.1. The van der Waals surface area contributed by atoms with Crippen LogP contribution in [0.3, 0.4) is 0 Å². The van der Waals surface area contributed by atoms with Gasteiger partial charge in [0.2, 0.25) is 17.6 Å². The molecule has 0 saturated carbocycles. The van der Waals surface area contributed by atoms with Gasteiger partial charge >= 0.3 is 5.97 Å². The molecule has 2 amide bonds. The van der Waals surface area contributed by atoms with E-state index in [1.54, 1.807) is 4.68 Å². The Kier molecular flexibility index (Phi) is 35.0. The van der Waals surface area contributed by atoms with Crippen molar-refractivity contribution in [3.63, 3.8) is 0 Å². The summed E-state index contributed by atoms with van der Waals surface area (Å²) in [6.07, 6.45) is 8.61. The topological polar surface area (TPSA) is 251 Å². The molecule has 25 nitrogen and oxygen atoms in total. The monoisotopic (exact) mass is 1320 g/mol. The van der Waals surface area contributed by atoms with Crippen LogP contribution in [-0.4, -0.2) is 241 Å². The summed E-state index contributed by atoms with van der Waals surface area (Å²) < 4.78 is 115. The Morgan fingerprint density at radius 1 is 0.570 bits per heavy atom. The van der Waals surface area contributed by atoms with Crippen molar-refractivity contribution < 1.29 is 89.1 Å². The molecule has 2 aromatic carbocycles. The lowest BCUT2D eigenvalue weighted by molar-refractivity contribution is -0.137. The number of fused-ring (bicyclic) bond motifs is 2. The summed E-state index contributed by atoms with van der Waals surface area (Å²) in [6.45, 7) is 17.8. The minimum absolute atomic E-state index is 0.0442. The van der Waals surface area contributed by atoms with Crippen molar-refractivity contribution in [2.45, 2.75) is 122 Å². The molecule has 7 rings (SSSR count). The highest BCUT2D eigenvalue weighted by Crippen LogP contribution is 2.42. The molecule has 520 valence electrons. The number of esters is 1. The zero-order valence-electron chi connectivity index (χ0n) is 54.5. The van der Waals surface area contributed by atoms with E-state index in [0.717, 1.165) is 43.0 Å². The molecular weight excluding hydrogens is 1220 g/mol. The largest absolute Gasteiger partial charge is 0.420 e. The number of ether oxygens (including phenoxy) is 13. The van der Waals surface area contributed by atoms with Gasteiger partial charge in [0.15, 0.2) is 11.6 Å². The lowest BCUT2D eigenvalue weighted by Gasteiger charge is -2.41. The van der Waals surface area contributed by atoms with Gasteiger partial charge in [0.25, 0.3) is 0 Å². The van der Waals surface area contributed by atoms with Crippen molar-refractivity contribution in [1.29, 1.82) is 0 Å². The van der Waals surface area contributed by atoms with Gasteiger partial charge in [-0.15, -0.1) is 15.3 Å². The summed E-state index contributed by atoms with van der Waals surface area (Å²) in [4.78, 5) is 43.2. The first kappa shape index (κ1) is 74.8. The maximum atomic E-state index is 13.8. The number of nitrogens with one attached hydrogen (secondary N) is 1. The number of carbonyl (C=O) groups excluding carboxylic acids is 3. The van der Waals surface area contributed by atoms with E-state index in [2.05, 4.69) is 72.9 Å². The van der Waals surface area contributed by atoms with E-state index in [1.165, 1.54) is 12.8 Å². The van der Waals surface area contributed by atoms with Gasteiger partial charge in [-0.25, -0.2) is 17.9 Å². The van der Waals surface area contributed by atoms with Gasteiger partial charge in [-0.05, 0) is 57.4 Å². The molecule has 28 heteroatoms. The molecule has 4 aromatic rings. The van der Waals surface area contributed by atoms with Crippen LogP contribution < -0.4 is 10.1 Å². The van der Waals surface area contributed by atoms with Gasteiger partial charge in [-0.2, -0.15) is 0 Å². The number of aryl methyl sites for hydroxylation is 1. The third kappa shape index (κ3) is 27.6. The van der Waals surface area contributed by atoms with E-state index in [9.17, 15) is 27.6 Å². The van der Waals surface area contributed by atoms with Crippen LogP contribution in [0.25, 0.3) is 0 Å². The Hall–Kier alpha value is -5.60. The van der Waals surface area contributed by atoms with Crippen LogP contribution in [0.2, 0.25) is 0 Å². The molecule has 1 N–H and O–H groups in total. The second-order valence-corrected chi connectivity index (χ2v) is 23.2. The van der Waals surface area contributed by atoms with Crippen molar-refractivity contribution in [2.75, 3.05) is 172 Å². The van der Waals surface area contributed by atoms with Crippen molar-refractivity contribution in [3.8, 4) is 5.75 Å². The van der Waals surface area contributed by atoms with E-state index in [1.807, 2.05) is 29.3 Å². The maximum absolute atomic E-state index is 13.8. The van der Waals surface area contributed by atoms with Crippen molar-refractivity contribution in [3.05, 3.63) is 89.0 Å². The predicted octanol–water partition coefficient (Wildman–Crippen LogP) is 6.16. The summed E-state index contributed by atoms with van der Waals surface area (Å²) in [6, 6.07) is 12.6. The zero-order valence-corrected chi connectivity index (χ0v) is 54.5. The Morgan fingerprint density at radius 3 is 1.57 bits per heavy atom. The fourth-order valence-electron chi connectivity index (χ4n) is 11.4. The first-order valence-electron chi connectivity index (χ1n) is 32.9. The molecule has 2 aromatic heterocycles. The van der Waals surface area contributed by atoms with E-state index in [-0.39, 0.29) is 56.4 Å². The summed E-state index contributed by atoms with van der Waals surface area (Å²) in [5.74, 6) is -3.18. The number of amides is 2. The lowest BCUT2D eigenvalue weighted by atomic mass is 9.93. The smallest absolute Gasteiger partial charge is 0.313 e. The molecule has 93 heavy (non-hydrogen) atoms. The molecule has 3 aliphatic rings. The van der Waals surface area contributed by atoms with Gasteiger partial charge in [0.05, 0.1) is 190 Å². The molecule has 5 heterocycles. The molecule has 2 bridgehead atoms. The molecule has 2 unspecified atom stereocenters. The van der Waals surface area contributed by atoms with Crippen molar-refractivity contribution in [2.24, 2.45) is 5.92 Å². The molecule has 0 aliphatic carbocycles. The Morgan fingerprint density at radius 2 is 1.05 bits per heavy atom. The fourth-order valence-corrected chi connectivity index (χ4v) is 11.4. The summed E-state index contributed by atoms with van der Waals surface area (Å²) in [5.41, 5.74) is 1.84. The number of piperidine rings is 2. The molecular formula is C65H98F3N9O16. The van der Waals surface area contributed by atoms with Crippen LogP contribution in [0, 0.1) is 30.3 Å². The average Bonchev–Trinajstić information content (AvgIpc) is 1.67. The maximum Gasteiger partial charge on any atom is 0.313 e. The molecule has 0 spiro atoms. The number of aromatic nitrogens is 6. The van der Waals surface area contributed by atoms with Crippen LogP contribution in [0.1, 0.15) is 113 Å². The number of benzene rings is 2. The normalized spacial score (nSPS) is 17.2. The van der Waals surface area contributed by atoms with E-state index in [0.29, 0.717) is 213 Å². The minimum Gasteiger partial charge on any atom is -0.420 e. The van der Waals surface area contributed by atoms with E-state index < -0.39 is 29.2 Å². The summed E-state index contributed by atoms with van der Waals surface area (Å²) >= 11 is 0. The quantitative estimate of drug-likeness (QED) is 0.0295. The standard InChI is InChI=1S/C65H98F3N9O16/c1-49(2)64-72-70-50(3)77(64)57-45-55-9-10-56(46-57)76(55)18-13-60(51-7-5-4-6-8-51)69-65(80)52-11-16-74(17-12-52)61(78)14-20-81-23-26-84-39-40-91-41-42-92-48-54-47-75(73-71-54)19-22-83-25-28-86-30-32-88-34-36-90-38-37-89-35-33-87-31-29-85-27-24-82-21-15-62(79)93-63-58(67)43-53(66)44-59(63)68/h4-8,43-44,47,49,52,55-57,60H,9-42,45-46,48H2,1-3H3,(H,69,80)/t55?,56?,57?,60-/m0/s1. The molecule has 3 fully saturated rings. The zero-order chi connectivity index (χ0) is 65.7. The van der Waals surface area contributed by atoms with Crippen LogP contribution in [0.5, 0.6) is 5.75 Å². The second kappa shape index (κ2) is 43.5. The number of nitrogens with zero attached hydrogens (tertiary/aromatic N) is 8. The first-order valence-corrected chi connectivity index (χ1v) is 32.9. The molecule has 3 atom stereocenters. The molecule has 3 aliphatic heterocycles. The van der Waals surface area contributed by atoms with Crippen molar-refractivity contribution in [1.82, 2.24) is 44.9 Å². The highest BCUT2D eigenvalue weighted by Gasteiger charge is 2.42. The number of carbonyl (C=O) groups is 3. The number of likely N-dealkylation sites (tertiary alicyclic amines) is 1. The van der Waals surface area contributed by atoms with Crippen LogP contribution in [-0.2, 0) is 84.4 Å². The predicted molar refractivity (Wildman–Crippen MR) is 332 cm³/mol. The number of hydrogen-bond acceptors (Lipinski definition) is 21. The highest BCUT2D eigenvalue weighted by molar-refractivity contribution is 5.80. The third-order valence-electron chi connectivity index (χ3n) is 16.2. The lowest BCUT2D eigenvalue weighted by Crippen LogP contribution is -2.46. The van der Waals surface area contributed by atoms with E-state index >= 15 is 0 Å². The second-order valence-electron chi connectivity index (χ2n) is 23.2. The van der Waals surface area contributed by atoms with Crippen LogP contribution in [0.4, 0.5) is 13.2 Å². The van der Waals surface area contributed by atoms with Gasteiger partial charge in [-0.1, -0.05) is 49.4 Å². The molecule has 0 radical (unpaired) electrons. The Balaban J connectivity index is 0.574. The first-order chi connectivity index (χ1) is 45.4. The van der Waals surface area contributed by atoms with E-state index in [4.69, 9.17) is 56.8 Å². The molecule has 3 saturated heterocycles. The van der Waals surface area contributed by atoms with Gasteiger partial charge in [-0.3, -0.25) is 19.3 Å². The van der Waals surface area contributed by atoms with Gasteiger partial charge in [0.1, 0.15) is 23.2 Å².